The Morgan fingerprint density at radius 3 is 2.83 bits per heavy atom. The van der Waals surface area contributed by atoms with Crippen molar-refractivity contribution in [2.75, 3.05) is 13.2 Å². The van der Waals surface area contributed by atoms with Gasteiger partial charge in [0.1, 0.15) is 0 Å². The van der Waals surface area contributed by atoms with E-state index < -0.39 is 0 Å². The maximum Gasteiger partial charge on any atom is 0.0494 e. The van der Waals surface area contributed by atoms with Crippen molar-refractivity contribution >= 4 is 26.8 Å². The standard InChI is InChI=1S/C14H19BrN2O/c15-12-4-5-13-11(3-1-6-16)10-17(7-2-8-18)14(13)9-12/h4-5,9-10,18H,1-3,6-8,16H2. The van der Waals surface area contributed by atoms with E-state index in [1.165, 1.54) is 16.5 Å². The number of aryl methyl sites for hydroxylation is 2. The molecule has 0 atom stereocenters. The first-order valence-corrected chi connectivity index (χ1v) is 7.13. The fourth-order valence-corrected chi connectivity index (χ4v) is 2.61. The van der Waals surface area contributed by atoms with Crippen molar-refractivity contribution in [3.63, 3.8) is 0 Å². The van der Waals surface area contributed by atoms with Crippen molar-refractivity contribution < 1.29 is 5.11 Å². The number of aromatic nitrogens is 1. The molecule has 0 saturated heterocycles. The molecule has 2 aromatic rings. The highest BCUT2D eigenvalue weighted by Crippen LogP contribution is 2.26. The number of nitrogens with two attached hydrogens (primary N) is 1. The summed E-state index contributed by atoms with van der Waals surface area (Å²) in [5.41, 5.74) is 8.16. The van der Waals surface area contributed by atoms with E-state index in [2.05, 4.69) is 44.9 Å². The molecule has 0 spiro atoms. The van der Waals surface area contributed by atoms with Crippen LogP contribution in [0.25, 0.3) is 10.9 Å². The van der Waals surface area contributed by atoms with E-state index in [4.69, 9.17) is 10.8 Å². The number of halogens is 1. The topological polar surface area (TPSA) is 51.2 Å². The summed E-state index contributed by atoms with van der Waals surface area (Å²) in [5.74, 6) is 0. The Morgan fingerprint density at radius 1 is 1.28 bits per heavy atom. The van der Waals surface area contributed by atoms with Crippen molar-refractivity contribution in [3.8, 4) is 0 Å². The normalized spacial score (nSPS) is 11.3. The first-order chi connectivity index (χ1) is 8.76. The third kappa shape index (κ3) is 2.94. The third-order valence-electron chi connectivity index (χ3n) is 3.13. The zero-order chi connectivity index (χ0) is 13.0. The van der Waals surface area contributed by atoms with Crippen molar-refractivity contribution in [1.29, 1.82) is 0 Å². The second kappa shape index (κ2) is 6.36. The molecule has 0 unspecified atom stereocenters. The predicted molar refractivity (Wildman–Crippen MR) is 78.7 cm³/mol. The molecule has 0 amide bonds. The van der Waals surface area contributed by atoms with Crippen LogP contribution in [0.2, 0.25) is 0 Å². The van der Waals surface area contributed by atoms with Crippen LogP contribution in [-0.4, -0.2) is 22.8 Å². The van der Waals surface area contributed by atoms with Gasteiger partial charge in [-0.3, -0.25) is 0 Å². The molecule has 3 nitrogen and oxygen atoms in total. The summed E-state index contributed by atoms with van der Waals surface area (Å²) < 4.78 is 3.31. The monoisotopic (exact) mass is 310 g/mol. The lowest BCUT2D eigenvalue weighted by molar-refractivity contribution is 0.280. The molecule has 0 aliphatic rings. The van der Waals surface area contributed by atoms with E-state index in [9.17, 15) is 0 Å². The molecule has 3 N–H and O–H groups in total. The number of nitrogens with zero attached hydrogens (tertiary/aromatic N) is 1. The number of aliphatic hydroxyl groups is 1. The zero-order valence-corrected chi connectivity index (χ0v) is 12.0. The highest BCUT2D eigenvalue weighted by molar-refractivity contribution is 9.10. The van der Waals surface area contributed by atoms with E-state index >= 15 is 0 Å². The van der Waals surface area contributed by atoms with Crippen LogP contribution in [0.1, 0.15) is 18.4 Å². The van der Waals surface area contributed by atoms with E-state index in [0.29, 0.717) is 0 Å². The summed E-state index contributed by atoms with van der Waals surface area (Å²) in [4.78, 5) is 0. The molecular formula is C14H19BrN2O. The Kier molecular flexibility index (Phi) is 4.80. The van der Waals surface area contributed by atoms with Crippen molar-refractivity contribution in [2.24, 2.45) is 5.73 Å². The van der Waals surface area contributed by atoms with E-state index in [1.54, 1.807) is 0 Å². The molecule has 4 heteroatoms. The molecule has 0 aliphatic carbocycles. The Morgan fingerprint density at radius 2 is 2.11 bits per heavy atom. The van der Waals surface area contributed by atoms with Crippen LogP contribution in [0, 0.1) is 0 Å². The van der Waals surface area contributed by atoms with Gasteiger partial charge < -0.3 is 15.4 Å². The highest BCUT2D eigenvalue weighted by atomic mass is 79.9. The second-order valence-corrected chi connectivity index (χ2v) is 5.39. The lowest BCUT2D eigenvalue weighted by Crippen LogP contribution is -2.00. The van der Waals surface area contributed by atoms with Gasteiger partial charge in [-0.15, -0.1) is 0 Å². The van der Waals surface area contributed by atoms with Gasteiger partial charge in [0.25, 0.3) is 0 Å². The molecular weight excluding hydrogens is 292 g/mol. The molecule has 0 fully saturated rings. The van der Waals surface area contributed by atoms with E-state index in [-0.39, 0.29) is 6.61 Å². The number of hydrogen-bond acceptors (Lipinski definition) is 2. The van der Waals surface area contributed by atoms with Crippen LogP contribution < -0.4 is 5.73 Å². The lowest BCUT2D eigenvalue weighted by Gasteiger charge is -2.03. The van der Waals surface area contributed by atoms with E-state index in [1.807, 2.05) is 0 Å². The Labute approximate surface area is 116 Å². The van der Waals surface area contributed by atoms with Crippen molar-refractivity contribution in [2.45, 2.75) is 25.8 Å². The summed E-state index contributed by atoms with van der Waals surface area (Å²) in [7, 11) is 0. The third-order valence-corrected chi connectivity index (χ3v) is 3.63. The van der Waals surface area contributed by atoms with Crippen molar-refractivity contribution in [3.05, 3.63) is 34.4 Å². The summed E-state index contributed by atoms with van der Waals surface area (Å²) in [6, 6.07) is 6.37. The minimum absolute atomic E-state index is 0.228. The number of hydrogen-bond donors (Lipinski definition) is 2. The van der Waals surface area contributed by atoms with Crippen LogP contribution in [0.4, 0.5) is 0 Å². The number of aliphatic hydroxyl groups excluding tert-OH is 1. The van der Waals surface area contributed by atoms with Gasteiger partial charge in [0.05, 0.1) is 0 Å². The Balaban J connectivity index is 2.39. The van der Waals surface area contributed by atoms with Crippen molar-refractivity contribution in [1.82, 2.24) is 4.57 Å². The van der Waals surface area contributed by atoms with Crippen LogP contribution in [-0.2, 0) is 13.0 Å². The van der Waals surface area contributed by atoms with Crippen LogP contribution in [0.5, 0.6) is 0 Å². The SMILES string of the molecule is NCCCc1cn(CCCO)c2cc(Br)ccc12. The number of benzene rings is 1. The van der Waals surface area contributed by atoms with Crippen LogP contribution in [0.3, 0.4) is 0 Å². The molecule has 98 valence electrons. The van der Waals surface area contributed by atoms with Gasteiger partial charge in [0.15, 0.2) is 0 Å². The summed E-state index contributed by atoms with van der Waals surface area (Å²) in [6.07, 6.45) is 5.00. The molecule has 0 radical (unpaired) electrons. The molecule has 0 saturated carbocycles. The van der Waals surface area contributed by atoms with Gasteiger partial charge in [-0.05, 0) is 43.5 Å². The minimum Gasteiger partial charge on any atom is -0.396 e. The summed E-state index contributed by atoms with van der Waals surface area (Å²) in [5, 5.41) is 10.3. The first-order valence-electron chi connectivity index (χ1n) is 6.34. The minimum atomic E-state index is 0.228. The Hall–Kier alpha value is -0.840. The molecule has 1 heterocycles. The maximum absolute atomic E-state index is 8.96. The smallest absolute Gasteiger partial charge is 0.0494 e. The molecule has 0 bridgehead atoms. The van der Waals surface area contributed by atoms with Gasteiger partial charge >= 0.3 is 0 Å². The number of fused-ring (bicyclic) bond motifs is 1. The van der Waals surface area contributed by atoms with Crippen LogP contribution in [0.15, 0.2) is 28.9 Å². The zero-order valence-electron chi connectivity index (χ0n) is 10.4. The molecule has 18 heavy (non-hydrogen) atoms. The largest absolute Gasteiger partial charge is 0.396 e. The first kappa shape index (κ1) is 13.6. The van der Waals surface area contributed by atoms with Gasteiger partial charge in [0, 0.05) is 34.7 Å². The maximum atomic E-state index is 8.96. The Bertz CT molecular complexity index is 522. The van der Waals surface area contributed by atoms with E-state index in [0.717, 1.165) is 36.8 Å². The fraction of sp³-hybridized carbons (Fsp3) is 0.429. The molecule has 1 aromatic heterocycles. The van der Waals surface area contributed by atoms with Gasteiger partial charge in [-0.2, -0.15) is 0 Å². The predicted octanol–water partition coefficient (Wildman–Crippen LogP) is 2.68. The molecule has 0 aliphatic heterocycles. The highest BCUT2D eigenvalue weighted by Gasteiger charge is 2.08. The van der Waals surface area contributed by atoms with Gasteiger partial charge in [0.2, 0.25) is 0 Å². The fourth-order valence-electron chi connectivity index (χ4n) is 2.26. The van der Waals surface area contributed by atoms with Crippen LogP contribution >= 0.6 is 15.9 Å². The summed E-state index contributed by atoms with van der Waals surface area (Å²) >= 11 is 3.51. The van der Waals surface area contributed by atoms with Gasteiger partial charge in [-0.1, -0.05) is 22.0 Å². The average Bonchev–Trinajstić information content (AvgIpc) is 2.71. The molecule has 1 aromatic carbocycles. The molecule has 2 rings (SSSR count). The average molecular weight is 311 g/mol. The van der Waals surface area contributed by atoms with Gasteiger partial charge in [-0.25, -0.2) is 0 Å². The lowest BCUT2D eigenvalue weighted by atomic mass is 10.1. The number of rotatable bonds is 6. The quantitative estimate of drug-likeness (QED) is 0.862. The summed E-state index contributed by atoms with van der Waals surface area (Å²) in [6.45, 7) is 1.80. The second-order valence-electron chi connectivity index (χ2n) is 4.48.